The van der Waals surface area contributed by atoms with E-state index in [1.165, 1.54) is 0 Å². The Hall–Kier alpha value is -2.45. The number of amides is 1. The highest BCUT2D eigenvalue weighted by molar-refractivity contribution is 5.78. The van der Waals surface area contributed by atoms with Crippen LogP contribution >= 0.6 is 0 Å². The molecule has 0 unspecified atom stereocenters. The van der Waals surface area contributed by atoms with Crippen LogP contribution in [0, 0.1) is 10.1 Å². The summed E-state index contributed by atoms with van der Waals surface area (Å²) in [5.41, 5.74) is -0.897. The first kappa shape index (κ1) is 14.9. The zero-order chi connectivity index (χ0) is 15.5. The van der Waals surface area contributed by atoms with Gasteiger partial charge in [-0.05, 0) is 12.8 Å². The molecule has 0 aromatic carbocycles. The lowest BCUT2D eigenvalue weighted by Crippen LogP contribution is -2.48. The quantitative estimate of drug-likeness (QED) is 0.587. The minimum Gasteiger partial charge on any atom is -0.481 e. The molecule has 1 heterocycles. The van der Waals surface area contributed by atoms with E-state index in [9.17, 15) is 19.7 Å². The topological polar surface area (TPSA) is 127 Å². The van der Waals surface area contributed by atoms with Crippen molar-refractivity contribution in [2.45, 2.75) is 44.2 Å². The van der Waals surface area contributed by atoms with Crippen LogP contribution in [0.25, 0.3) is 0 Å². The van der Waals surface area contributed by atoms with Gasteiger partial charge in [-0.15, -0.1) is 0 Å². The Bertz CT molecular complexity index is 562. The Morgan fingerprint density at radius 3 is 2.67 bits per heavy atom. The molecule has 1 aliphatic rings. The lowest BCUT2D eigenvalue weighted by atomic mass is 9.93. The molecular formula is C12H16N4O5. The fourth-order valence-electron chi connectivity index (χ4n) is 2.70. The van der Waals surface area contributed by atoms with Gasteiger partial charge in [0.05, 0.1) is 16.9 Å². The van der Waals surface area contributed by atoms with E-state index in [0.29, 0.717) is 12.8 Å². The summed E-state index contributed by atoms with van der Waals surface area (Å²) < 4.78 is 1.16. The Morgan fingerprint density at radius 2 is 2.14 bits per heavy atom. The van der Waals surface area contributed by atoms with Crippen molar-refractivity contribution < 1.29 is 19.6 Å². The van der Waals surface area contributed by atoms with Crippen LogP contribution in [0.5, 0.6) is 0 Å². The molecule has 1 saturated carbocycles. The molecule has 0 atom stereocenters. The number of carboxylic acid groups (broad SMARTS) is 1. The fourth-order valence-corrected chi connectivity index (χ4v) is 2.70. The first-order valence-corrected chi connectivity index (χ1v) is 6.60. The van der Waals surface area contributed by atoms with Crippen molar-refractivity contribution in [1.29, 1.82) is 0 Å². The zero-order valence-corrected chi connectivity index (χ0v) is 11.3. The maximum Gasteiger partial charge on any atom is 0.307 e. The van der Waals surface area contributed by atoms with E-state index in [2.05, 4.69) is 10.4 Å². The molecular weight excluding hydrogens is 280 g/mol. The van der Waals surface area contributed by atoms with Crippen LogP contribution in [-0.4, -0.2) is 37.2 Å². The summed E-state index contributed by atoms with van der Waals surface area (Å²) in [5.74, 6) is -1.34. The molecule has 0 aliphatic heterocycles. The highest BCUT2D eigenvalue weighted by atomic mass is 16.6. The second-order valence-corrected chi connectivity index (χ2v) is 5.26. The maximum atomic E-state index is 12.0. The van der Waals surface area contributed by atoms with Gasteiger partial charge >= 0.3 is 11.7 Å². The molecule has 0 radical (unpaired) electrons. The van der Waals surface area contributed by atoms with E-state index < -0.39 is 22.3 Å². The molecule has 1 aromatic heterocycles. The lowest BCUT2D eigenvalue weighted by Gasteiger charge is -2.28. The third-order valence-electron chi connectivity index (χ3n) is 3.59. The van der Waals surface area contributed by atoms with Crippen molar-refractivity contribution in [2.24, 2.45) is 0 Å². The summed E-state index contributed by atoms with van der Waals surface area (Å²) >= 11 is 0. The molecule has 2 N–H and O–H groups in total. The Morgan fingerprint density at radius 1 is 1.48 bits per heavy atom. The highest BCUT2D eigenvalue weighted by Gasteiger charge is 2.37. The molecule has 1 fully saturated rings. The van der Waals surface area contributed by atoms with E-state index in [4.69, 9.17) is 5.11 Å². The Kier molecular flexibility index (Phi) is 4.20. The minimum atomic E-state index is -0.952. The predicted molar refractivity (Wildman–Crippen MR) is 70.5 cm³/mol. The summed E-state index contributed by atoms with van der Waals surface area (Å²) in [6.45, 7) is -0.171. The van der Waals surface area contributed by atoms with E-state index in [1.807, 2.05) is 0 Å². The smallest absolute Gasteiger partial charge is 0.307 e. The number of nitro groups is 1. The van der Waals surface area contributed by atoms with Gasteiger partial charge in [0, 0.05) is 0 Å². The van der Waals surface area contributed by atoms with Gasteiger partial charge in [-0.1, -0.05) is 12.8 Å². The van der Waals surface area contributed by atoms with E-state index in [1.54, 1.807) is 0 Å². The standard InChI is InChI=1S/C12H16N4O5/c17-10(8-15-7-9(6-13-15)16(20)21)14-12(5-11(18)19)3-1-2-4-12/h6-7H,1-5,8H2,(H,14,17)(H,18,19). The van der Waals surface area contributed by atoms with Crippen LogP contribution in [0.4, 0.5) is 5.69 Å². The van der Waals surface area contributed by atoms with E-state index >= 15 is 0 Å². The zero-order valence-electron chi connectivity index (χ0n) is 11.3. The van der Waals surface area contributed by atoms with Crippen molar-refractivity contribution in [3.8, 4) is 0 Å². The van der Waals surface area contributed by atoms with Gasteiger partial charge in [-0.25, -0.2) is 0 Å². The van der Waals surface area contributed by atoms with Crippen molar-refractivity contribution in [2.75, 3.05) is 0 Å². The average molecular weight is 296 g/mol. The van der Waals surface area contributed by atoms with Crippen LogP contribution in [0.1, 0.15) is 32.1 Å². The number of rotatable bonds is 6. The molecule has 9 nitrogen and oxygen atoms in total. The number of hydrogen-bond donors (Lipinski definition) is 2. The normalized spacial score (nSPS) is 16.6. The lowest BCUT2D eigenvalue weighted by molar-refractivity contribution is -0.385. The monoisotopic (exact) mass is 296 g/mol. The first-order valence-electron chi connectivity index (χ1n) is 6.60. The molecule has 0 bridgehead atoms. The van der Waals surface area contributed by atoms with Gasteiger partial charge in [0.15, 0.2) is 0 Å². The van der Waals surface area contributed by atoms with Gasteiger partial charge < -0.3 is 10.4 Å². The van der Waals surface area contributed by atoms with Crippen molar-refractivity contribution in [1.82, 2.24) is 15.1 Å². The fraction of sp³-hybridized carbons (Fsp3) is 0.583. The van der Waals surface area contributed by atoms with Crippen LogP contribution in [0.3, 0.4) is 0 Å². The predicted octanol–water partition coefficient (Wildman–Crippen LogP) is 0.695. The van der Waals surface area contributed by atoms with Crippen molar-refractivity contribution in [3.05, 3.63) is 22.5 Å². The molecule has 0 spiro atoms. The Balaban J connectivity index is 1.98. The van der Waals surface area contributed by atoms with Crippen LogP contribution in [0.15, 0.2) is 12.4 Å². The summed E-state index contributed by atoms with van der Waals surface area (Å²) in [7, 11) is 0. The number of hydrogen-bond acceptors (Lipinski definition) is 5. The van der Waals surface area contributed by atoms with Crippen molar-refractivity contribution in [3.63, 3.8) is 0 Å². The van der Waals surface area contributed by atoms with Gasteiger partial charge in [0.25, 0.3) is 0 Å². The number of aliphatic carboxylic acids is 1. The van der Waals surface area contributed by atoms with Crippen LogP contribution in [0.2, 0.25) is 0 Å². The summed E-state index contributed by atoms with van der Waals surface area (Å²) in [6.07, 6.45) is 5.13. The van der Waals surface area contributed by atoms with Crippen LogP contribution in [-0.2, 0) is 16.1 Å². The van der Waals surface area contributed by atoms with E-state index in [0.717, 1.165) is 29.9 Å². The van der Waals surface area contributed by atoms with Gasteiger partial charge in [0.2, 0.25) is 5.91 Å². The number of carboxylic acids is 1. The summed E-state index contributed by atoms with van der Waals surface area (Å²) in [5, 5.41) is 26.0. The van der Waals surface area contributed by atoms with Gasteiger partial charge in [-0.3, -0.25) is 24.4 Å². The number of aromatic nitrogens is 2. The van der Waals surface area contributed by atoms with Crippen LogP contribution < -0.4 is 5.32 Å². The largest absolute Gasteiger partial charge is 0.481 e. The number of carbonyl (C=O) groups excluding carboxylic acids is 1. The third-order valence-corrected chi connectivity index (χ3v) is 3.59. The summed E-state index contributed by atoms with van der Waals surface area (Å²) in [4.78, 5) is 32.9. The molecule has 21 heavy (non-hydrogen) atoms. The minimum absolute atomic E-state index is 0.113. The third kappa shape index (κ3) is 3.77. The number of carbonyl (C=O) groups is 2. The average Bonchev–Trinajstić information content (AvgIpc) is 2.98. The molecule has 114 valence electrons. The highest BCUT2D eigenvalue weighted by Crippen LogP contribution is 2.32. The van der Waals surface area contributed by atoms with Crippen molar-refractivity contribution >= 4 is 17.6 Å². The molecule has 2 rings (SSSR count). The maximum absolute atomic E-state index is 12.0. The molecule has 0 saturated heterocycles. The first-order chi connectivity index (χ1) is 9.90. The second kappa shape index (κ2) is 5.90. The summed E-state index contributed by atoms with van der Waals surface area (Å²) in [6, 6.07) is 0. The Labute approximate surface area is 120 Å². The molecule has 1 aromatic rings. The SMILES string of the molecule is O=C(O)CC1(NC(=O)Cn2cc([N+](=O)[O-])cn2)CCCC1. The van der Waals surface area contributed by atoms with Gasteiger partial charge in [0.1, 0.15) is 18.9 Å². The van der Waals surface area contributed by atoms with E-state index in [-0.39, 0.29) is 18.7 Å². The molecule has 1 amide bonds. The number of nitrogens with zero attached hydrogens (tertiary/aromatic N) is 3. The number of nitrogens with one attached hydrogen (secondary N) is 1. The van der Waals surface area contributed by atoms with Gasteiger partial charge in [-0.2, -0.15) is 5.10 Å². The second-order valence-electron chi connectivity index (χ2n) is 5.26. The molecule has 9 heteroatoms. The molecule has 1 aliphatic carbocycles.